The van der Waals surface area contributed by atoms with Crippen molar-refractivity contribution in [2.75, 3.05) is 13.1 Å². The molecule has 25 heteroatoms. The average Bonchev–Trinajstić information content (AvgIpc) is 4.19. The third kappa shape index (κ3) is 19.1. The molecular weight excluding hydrogens is 1070 g/mol. The Kier molecular flexibility index (Phi) is 25.6. The van der Waals surface area contributed by atoms with E-state index in [9.17, 15) is 79.2 Å². The van der Waals surface area contributed by atoms with Crippen molar-refractivity contribution < 1.29 is 79.2 Å². The molecule has 5 rings (SSSR count). The number of nitrogens with one attached hydrogen (secondary N) is 5. The van der Waals surface area contributed by atoms with Gasteiger partial charge in [-0.05, 0) is 67.9 Å². The monoisotopic (exact) mass is 1160 g/mol. The Bertz CT molecular complexity index is 2430. The maximum Gasteiger partial charge on any atom is 0.248 e. The third-order valence-corrected chi connectivity index (χ3v) is 16.5. The number of phenolic OH excluding ortho intramolecular Hbond substituents is 1. The fraction of sp³-hybridized carbons (Fsp3) is 0.643. The molecule has 15 N–H and O–H groups in total. The molecule has 8 amide bonds. The first-order chi connectivity index (χ1) is 38.4. The molecule has 0 bridgehead atoms. The van der Waals surface area contributed by atoms with Crippen LogP contribution in [-0.2, 0) is 38.4 Å². The summed E-state index contributed by atoms with van der Waals surface area (Å²) in [6.07, 6.45) is -6.92. The van der Waals surface area contributed by atoms with Crippen molar-refractivity contribution in [3.63, 3.8) is 0 Å². The molecule has 0 aliphatic carbocycles. The number of phenols is 1. The summed E-state index contributed by atoms with van der Waals surface area (Å²) < 4.78 is 0. The predicted octanol–water partition coefficient (Wildman–Crippen LogP) is -0.541. The van der Waals surface area contributed by atoms with E-state index in [2.05, 4.69) is 47.4 Å². The number of aromatic hydroxyl groups is 1. The van der Waals surface area contributed by atoms with Gasteiger partial charge in [-0.2, -0.15) is 0 Å². The summed E-state index contributed by atoms with van der Waals surface area (Å²) in [5, 5.41) is 101. The number of aliphatic hydroxyl groups is 7. The number of carbonyl (C=O) groups is 8. The molecule has 0 unspecified atom stereocenters. The highest BCUT2D eigenvalue weighted by Crippen LogP contribution is 2.30. The highest BCUT2D eigenvalue weighted by atomic mass is 32.2. The molecule has 2 aromatic rings. The number of nitrogens with zero attached hydrogens (tertiary/aromatic N) is 2. The zero-order chi connectivity index (χ0) is 59.7. The van der Waals surface area contributed by atoms with E-state index in [1.807, 2.05) is 0 Å². The van der Waals surface area contributed by atoms with E-state index < -0.39 is 157 Å². The van der Waals surface area contributed by atoms with Gasteiger partial charge in [0.15, 0.2) is 0 Å². The van der Waals surface area contributed by atoms with Gasteiger partial charge in [0, 0.05) is 37.2 Å². The second kappa shape index (κ2) is 31.5. The smallest absolute Gasteiger partial charge is 0.248 e. The Balaban J connectivity index is 1.53. The first kappa shape index (κ1) is 65.9. The minimum atomic E-state index is -2.35. The molecule has 0 saturated carbocycles. The summed E-state index contributed by atoms with van der Waals surface area (Å²) >= 11 is 0.899. The molecule has 3 aliphatic rings. The van der Waals surface area contributed by atoms with Crippen LogP contribution in [-0.4, -0.2) is 189 Å². The molecule has 2 aromatic carbocycles. The summed E-state index contributed by atoms with van der Waals surface area (Å²) in [4.78, 5) is 116. The van der Waals surface area contributed by atoms with Gasteiger partial charge in [0.2, 0.25) is 47.3 Å². The van der Waals surface area contributed by atoms with Gasteiger partial charge in [0.25, 0.3) is 0 Å². The number of hydrogen-bond donors (Lipinski definition) is 14. The van der Waals surface area contributed by atoms with Gasteiger partial charge in [-0.3, -0.25) is 38.4 Å². The number of amides is 8. The van der Waals surface area contributed by atoms with E-state index in [1.54, 1.807) is 30.3 Å². The van der Waals surface area contributed by atoms with Crippen LogP contribution in [0.3, 0.4) is 0 Å². The number of aliphatic hydroxyl groups excluding tert-OH is 7. The highest BCUT2D eigenvalue weighted by molar-refractivity contribution is 8.00. The Morgan fingerprint density at radius 2 is 1.33 bits per heavy atom. The van der Waals surface area contributed by atoms with E-state index in [0.717, 1.165) is 79.1 Å². The molecule has 3 fully saturated rings. The number of benzene rings is 2. The molecular formula is C56H84N8O16S. The van der Waals surface area contributed by atoms with Gasteiger partial charge in [-0.25, -0.2) is 0 Å². The van der Waals surface area contributed by atoms with Crippen LogP contribution in [0.25, 0.3) is 0 Å². The number of rotatable bonds is 22. The van der Waals surface area contributed by atoms with Crippen LogP contribution >= 0.6 is 11.8 Å². The lowest BCUT2D eigenvalue weighted by atomic mass is 9.91. The highest BCUT2D eigenvalue weighted by Gasteiger charge is 2.49. The lowest BCUT2D eigenvalue weighted by Gasteiger charge is -2.34. The van der Waals surface area contributed by atoms with Crippen LogP contribution in [0.1, 0.15) is 129 Å². The van der Waals surface area contributed by atoms with Crippen LogP contribution in [0.5, 0.6) is 5.75 Å². The second-order valence-electron chi connectivity index (χ2n) is 22.0. The van der Waals surface area contributed by atoms with Crippen molar-refractivity contribution in [3.05, 3.63) is 60.2 Å². The number of primary amides is 1. The quantitative estimate of drug-likeness (QED) is 0.0658. The Hall–Kier alpha value is -5.93. The maximum absolute atomic E-state index is 14.7. The van der Waals surface area contributed by atoms with E-state index in [-0.39, 0.29) is 30.7 Å². The van der Waals surface area contributed by atoms with Crippen molar-refractivity contribution in [1.29, 1.82) is 0 Å². The number of thioether (sulfide) groups is 1. The average molecular weight is 1160 g/mol. The summed E-state index contributed by atoms with van der Waals surface area (Å²) in [6, 6.07) is 1.33. The number of carbonyl (C=O) groups excluding carboxylic acids is 8. The molecule has 0 aromatic heterocycles. The fourth-order valence-corrected chi connectivity index (χ4v) is 11.6. The molecule has 24 nitrogen and oxygen atoms in total. The fourth-order valence-electron chi connectivity index (χ4n) is 10.5. The summed E-state index contributed by atoms with van der Waals surface area (Å²) in [7, 11) is 0. The SMILES string of the molecule is CC[C@H](C)C[C@H](C)CCCCCCCCC(=O)N[C@H]1C[C@@H](O)[C@@H](Sc2ccccc2)NC(=O)[C@@H]2[C@@H](O)CCN2C(=O)[C@H]([C@H](O)CC(N)=O)NC(=O)[C@H]([C@H](O)[C@@H](O)c2ccc(O)cc2)NC(=O)[C@@H]2C[C@@H](O)CN2C(=O)[C@H]([C@@H](C)O)NC1=O. The van der Waals surface area contributed by atoms with E-state index in [1.165, 1.54) is 18.6 Å². The number of unbranched alkanes of at least 4 members (excludes halogenated alkanes) is 5. The first-order valence-electron chi connectivity index (χ1n) is 28.1. The van der Waals surface area contributed by atoms with Crippen molar-refractivity contribution in [1.82, 2.24) is 36.4 Å². The minimum absolute atomic E-state index is 0.0381. The zero-order valence-corrected chi connectivity index (χ0v) is 47.3. The van der Waals surface area contributed by atoms with E-state index >= 15 is 0 Å². The molecule has 450 valence electrons. The van der Waals surface area contributed by atoms with E-state index in [0.29, 0.717) is 29.6 Å². The first-order valence-corrected chi connectivity index (χ1v) is 29.0. The Morgan fingerprint density at radius 3 is 1.98 bits per heavy atom. The molecule has 3 saturated heterocycles. The van der Waals surface area contributed by atoms with Crippen molar-refractivity contribution in [2.24, 2.45) is 17.6 Å². The van der Waals surface area contributed by atoms with Crippen molar-refractivity contribution >= 4 is 59.0 Å². The molecule has 3 heterocycles. The number of nitrogens with two attached hydrogens (primary N) is 1. The van der Waals surface area contributed by atoms with Crippen LogP contribution in [0.15, 0.2) is 59.5 Å². The van der Waals surface area contributed by atoms with Crippen LogP contribution < -0.4 is 32.3 Å². The predicted molar refractivity (Wildman–Crippen MR) is 296 cm³/mol. The molecule has 16 atom stereocenters. The summed E-state index contributed by atoms with van der Waals surface area (Å²) in [5.74, 6) is -8.00. The lowest BCUT2D eigenvalue weighted by molar-refractivity contribution is -0.148. The standard InChI is InChI=1S/C56H84N8O16S/c1-5-30(2)25-31(3)15-11-8-6-7-9-14-18-43(72)58-37-27-41(70)54(81-36-16-12-10-13-17-36)62-53(78)47-39(68)23-24-63(47)56(80)45(40(69)28-42(57)71)60-52(77)46(49(74)48(73)33-19-21-34(66)22-20-33)61-51(76)38-26-35(67)29-64(38)55(79)44(32(4)65)59-50(37)75/h10,12-13,16-17,19-22,30-32,35,37-41,44-49,54,65-70,73-74H,5-9,11,14-15,18,23-29H2,1-4H3,(H2,57,71)(H,58,72)(H,59,75)(H,60,77)(H,61,76)(H,62,78)/t30-,31+,32+,35+,37-,38-,39-,40+,41+,44-,45-,46-,47-,48-,49-,54+/m0/s1. The normalized spacial score (nSPS) is 27.7. The molecule has 0 radical (unpaired) electrons. The van der Waals surface area contributed by atoms with Gasteiger partial charge >= 0.3 is 0 Å². The topological polar surface area (TPSA) is 391 Å². The van der Waals surface area contributed by atoms with Crippen molar-refractivity contribution in [3.8, 4) is 5.75 Å². The Morgan fingerprint density at radius 1 is 0.716 bits per heavy atom. The molecule has 0 spiro atoms. The van der Waals surface area contributed by atoms with Gasteiger partial charge in [-0.15, -0.1) is 0 Å². The summed E-state index contributed by atoms with van der Waals surface area (Å²) in [5.41, 5.74) is 5.31. The molecule has 3 aliphatic heterocycles. The second-order valence-corrected chi connectivity index (χ2v) is 23.2. The van der Waals surface area contributed by atoms with E-state index in [4.69, 9.17) is 5.73 Å². The van der Waals surface area contributed by atoms with Gasteiger partial charge in [0.05, 0.1) is 36.9 Å². The van der Waals surface area contributed by atoms with Crippen LogP contribution in [0.4, 0.5) is 0 Å². The Labute approximate surface area is 476 Å². The third-order valence-electron chi connectivity index (χ3n) is 15.3. The van der Waals surface area contributed by atoms with Gasteiger partial charge in [-0.1, -0.05) is 108 Å². The largest absolute Gasteiger partial charge is 0.508 e. The maximum atomic E-state index is 14.7. The van der Waals surface area contributed by atoms with Crippen molar-refractivity contribution in [2.45, 2.75) is 207 Å². The minimum Gasteiger partial charge on any atom is -0.508 e. The van der Waals surface area contributed by atoms with Gasteiger partial charge < -0.3 is 83.0 Å². The zero-order valence-electron chi connectivity index (χ0n) is 46.5. The number of hydrogen-bond acceptors (Lipinski definition) is 17. The van der Waals surface area contributed by atoms with Crippen LogP contribution in [0, 0.1) is 11.8 Å². The van der Waals surface area contributed by atoms with Gasteiger partial charge in [0.1, 0.15) is 59.6 Å². The lowest BCUT2D eigenvalue weighted by Crippen LogP contribution is -2.64. The molecule has 81 heavy (non-hydrogen) atoms. The summed E-state index contributed by atoms with van der Waals surface area (Å²) in [6.45, 7) is 6.92. The number of fused-ring (bicyclic) bond motifs is 2. The van der Waals surface area contributed by atoms with Crippen LogP contribution in [0.2, 0.25) is 0 Å².